The number of carbonyl (C=O) groups is 1. The highest BCUT2D eigenvalue weighted by Gasteiger charge is 2.15. The van der Waals surface area contributed by atoms with Crippen molar-refractivity contribution in [2.45, 2.75) is 20.8 Å². The molecule has 0 aliphatic heterocycles. The van der Waals surface area contributed by atoms with E-state index in [1.54, 1.807) is 12.1 Å². The van der Waals surface area contributed by atoms with E-state index >= 15 is 0 Å². The molecule has 1 aromatic heterocycles. The molecular formula is C21H20ClN3O. The highest BCUT2D eigenvalue weighted by molar-refractivity contribution is 6.35. The van der Waals surface area contributed by atoms with Crippen LogP contribution >= 0.6 is 11.6 Å². The van der Waals surface area contributed by atoms with Crippen molar-refractivity contribution < 1.29 is 4.79 Å². The lowest BCUT2D eigenvalue weighted by Gasteiger charge is -2.11. The highest BCUT2D eigenvalue weighted by atomic mass is 35.5. The molecule has 5 heteroatoms. The fraction of sp³-hybridized carbons (Fsp3) is 0.190. The number of nitrogens with zero attached hydrogens (tertiary/aromatic N) is 2. The van der Waals surface area contributed by atoms with E-state index in [2.05, 4.69) is 15.5 Å². The molecule has 26 heavy (non-hydrogen) atoms. The van der Waals surface area contributed by atoms with Gasteiger partial charge in [0.05, 0.1) is 21.8 Å². The zero-order valence-corrected chi connectivity index (χ0v) is 15.7. The third kappa shape index (κ3) is 3.75. The number of amides is 1. The molecule has 1 amide bonds. The molecule has 0 aliphatic carbocycles. The molecule has 0 spiro atoms. The van der Waals surface area contributed by atoms with Crippen LogP contribution in [0.3, 0.4) is 0 Å². The lowest BCUT2D eigenvalue weighted by Crippen LogP contribution is -2.21. The fourth-order valence-corrected chi connectivity index (χ4v) is 2.70. The first-order valence-corrected chi connectivity index (χ1v) is 8.84. The SMILES string of the molecule is C/C(=N\NC(=O)c1cc(-c2ccccc2)nc2c(Cl)cccc12)C(C)C. The Morgan fingerprint density at radius 3 is 2.54 bits per heavy atom. The van der Waals surface area contributed by atoms with E-state index in [1.165, 1.54) is 0 Å². The van der Waals surface area contributed by atoms with Gasteiger partial charge in [0.2, 0.25) is 0 Å². The van der Waals surface area contributed by atoms with Crippen molar-refractivity contribution in [1.29, 1.82) is 0 Å². The van der Waals surface area contributed by atoms with Gasteiger partial charge in [0.1, 0.15) is 0 Å². The molecule has 1 heterocycles. The maximum absolute atomic E-state index is 12.8. The van der Waals surface area contributed by atoms with Gasteiger partial charge < -0.3 is 0 Å². The minimum atomic E-state index is -0.281. The number of hydrazone groups is 1. The van der Waals surface area contributed by atoms with Crippen molar-refractivity contribution in [1.82, 2.24) is 10.4 Å². The summed E-state index contributed by atoms with van der Waals surface area (Å²) in [6, 6.07) is 16.9. The molecule has 0 fully saturated rings. The van der Waals surface area contributed by atoms with Crippen molar-refractivity contribution in [3.05, 3.63) is 65.2 Å². The van der Waals surface area contributed by atoms with Gasteiger partial charge in [-0.25, -0.2) is 10.4 Å². The molecule has 0 aliphatic rings. The normalized spacial score (nSPS) is 11.8. The summed E-state index contributed by atoms with van der Waals surface area (Å²) < 4.78 is 0. The Morgan fingerprint density at radius 2 is 1.85 bits per heavy atom. The summed E-state index contributed by atoms with van der Waals surface area (Å²) in [6.45, 7) is 5.95. The monoisotopic (exact) mass is 365 g/mol. The first kappa shape index (κ1) is 18.1. The number of nitrogens with one attached hydrogen (secondary N) is 1. The Kier molecular flexibility index (Phi) is 5.33. The summed E-state index contributed by atoms with van der Waals surface area (Å²) in [5, 5.41) is 5.41. The smallest absolute Gasteiger partial charge is 0.267 e. The van der Waals surface area contributed by atoms with Crippen LogP contribution in [0.2, 0.25) is 5.02 Å². The average molecular weight is 366 g/mol. The number of halogens is 1. The molecular weight excluding hydrogens is 346 g/mol. The van der Waals surface area contributed by atoms with Crippen LogP contribution in [0.15, 0.2) is 59.7 Å². The standard InChI is InChI=1S/C21H20ClN3O/c1-13(2)14(3)24-25-21(26)17-12-19(15-8-5-4-6-9-15)23-20-16(17)10-7-11-18(20)22/h4-13H,1-3H3,(H,25,26)/b24-14+. The molecule has 4 nitrogen and oxygen atoms in total. The Labute approximate surface area is 157 Å². The van der Waals surface area contributed by atoms with Gasteiger partial charge in [0.25, 0.3) is 5.91 Å². The quantitative estimate of drug-likeness (QED) is 0.502. The highest BCUT2D eigenvalue weighted by Crippen LogP contribution is 2.29. The molecule has 0 saturated heterocycles. The molecule has 0 bridgehead atoms. The summed E-state index contributed by atoms with van der Waals surface area (Å²) in [7, 11) is 0. The number of fused-ring (bicyclic) bond motifs is 1. The Hall–Kier alpha value is -2.72. The second-order valence-corrected chi connectivity index (χ2v) is 6.81. The number of aromatic nitrogens is 1. The molecule has 3 aromatic rings. The first-order chi connectivity index (χ1) is 12.5. The largest absolute Gasteiger partial charge is 0.272 e. The lowest BCUT2D eigenvalue weighted by atomic mass is 10.0. The predicted molar refractivity (Wildman–Crippen MR) is 108 cm³/mol. The van der Waals surface area contributed by atoms with E-state index in [0.29, 0.717) is 27.2 Å². The van der Waals surface area contributed by atoms with Crippen LogP contribution in [0.4, 0.5) is 0 Å². The maximum atomic E-state index is 12.8. The average Bonchev–Trinajstić information content (AvgIpc) is 2.66. The van der Waals surface area contributed by atoms with Crippen LogP contribution < -0.4 is 5.43 Å². The maximum Gasteiger partial charge on any atom is 0.272 e. The number of carbonyl (C=O) groups excluding carboxylic acids is 1. The molecule has 2 aromatic carbocycles. The minimum absolute atomic E-state index is 0.263. The van der Waals surface area contributed by atoms with E-state index in [9.17, 15) is 4.79 Å². The van der Waals surface area contributed by atoms with Crippen LogP contribution in [-0.4, -0.2) is 16.6 Å². The van der Waals surface area contributed by atoms with Gasteiger partial charge in [-0.2, -0.15) is 5.10 Å². The zero-order chi connectivity index (χ0) is 18.7. The van der Waals surface area contributed by atoms with E-state index < -0.39 is 0 Å². The topological polar surface area (TPSA) is 54.4 Å². The van der Waals surface area contributed by atoms with Gasteiger partial charge in [0, 0.05) is 16.7 Å². The van der Waals surface area contributed by atoms with Crippen LogP contribution in [0.25, 0.3) is 22.2 Å². The molecule has 132 valence electrons. The van der Waals surface area contributed by atoms with Crippen molar-refractivity contribution in [3.63, 3.8) is 0 Å². The third-order valence-corrected chi connectivity index (χ3v) is 4.58. The molecule has 3 rings (SSSR count). The summed E-state index contributed by atoms with van der Waals surface area (Å²) in [5.74, 6) is -0.0179. The van der Waals surface area contributed by atoms with Crippen molar-refractivity contribution in [3.8, 4) is 11.3 Å². The van der Waals surface area contributed by atoms with Gasteiger partial charge in [-0.1, -0.05) is 67.9 Å². The van der Waals surface area contributed by atoms with Crippen LogP contribution in [0.1, 0.15) is 31.1 Å². The molecule has 0 atom stereocenters. The van der Waals surface area contributed by atoms with Gasteiger partial charge in [-0.05, 0) is 25.0 Å². The van der Waals surface area contributed by atoms with E-state index in [1.807, 2.05) is 63.2 Å². The summed E-state index contributed by atoms with van der Waals surface area (Å²) >= 11 is 6.34. The second kappa shape index (κ2) is 7.67. The lowest BCUT2D eigenvalue weighted by molar-refractivity contribution is 0.0956. The predicted octanol–water partition coefficient (Wildman–Crippen LogP) is 5.32. The van der Waals surface area contributed by atoms with Crippen molar-refractivity contribution >= 4 is 34.1 Å². The second-order valence-electron chi connectivity index (χ2n) is 6.41. The molecule has 0 radical (unpaired) electrons. The third-order valence-electron chi connectivity index (χ3n) is 4.27. The van der Waals surface area contributed by atoms with Gasteiger partial charge in [-0.3, -0.25) is 4.79 Å². The Bertz CT molecular complexity index is 981. The first-order valence-electron chi connectivity index (χ1n) is 8.46. The van der Waals surface area contributed by atoms with Crippen LogP contribution in [-0.2, 0) is 0 Å². The molecule has 0 unspecified atom stereocenters. The Morgan fingerprint density at radius 1 is 1.12 bits per heavy atom. The number of rotatable bonds is 4. The minimum Gasteiger partial charge on any atom is -0.267 e. The zero-order valence-electron chi connectivity index (χ0n) is 15.0. The number of hydrogen-bond donors (Lipinski definition) is 1. The van der Waals surface area contributed by atoms with Crippen molar-refractivity contribution in [2.75, 3.05) is 0 Å². The number of benzene rings is 2. The van der Waals surface area contributed by atoms with E-state index in [-0.39, 0.29) is 11.8 Å². The van der Waals surface area contributed by atoms with E-state index in [0.717, 1.165) is 11.3 Å². The summed E-state index contributed by atoms with van der Waals surface area (Å²) in [5.41, 5.74) is 6.22. The van der Waals surface area contributed by atoms with Gasteiger partial charge in [0.15, 0.2) is 0 Å². The number of pyridine rings is 1. The fourth-order valence-electron chi connectivity index (χ4n) is 2.49. The Balaban J connectivity index is 2.13. The summed E-state index contributed by atoms with van der Waals surface area (Å²) in [4.78, 5) is 17.5. The molecule has 1 N–H and O–H groups in total. The summed E-state index contributed by atoms with van der Waals surface area (Å²) in [6.07, 6.45) is 0. The van der Waals surface area contributed by atoms with Crippen LogP contribution in [0, 0.1) is 5.92 Å². The molecule has 0 saturated carbocycles. The van der Waals surface area contributed by atoms with Crippen LogP contribution in [0.5, 0.6) is 0 Å². The van der Waals surface area contributed by atoms with Crippen molar-refractivity contribution in [2.24, 2.45) is 11.0 Å². The number of hydrogen-bond acceptors (Lipinski definition) is 3. The van der Waals surface area contributed by atoms with E-state index in [4.69, 9.17) is 11.6 Å². The van der Waals surface area contributed by atoms with Gasteiger partial charge >= 0.3 is 0 Å². The van der Waals surface area contributed by atoms with Gasteiger partial charge in [-0.15, -0.1) is 0 Å². The number of para-hydroxylation sites is 1.